The molecule has 1 aromatic carbocycles. The number of rotatable bonds is 7. The van der Waals surface area contributed by atoms with E-state index in [1.165, 1.54) is 5.56 Å². The second kappa shape index (κ2) is 8.58. The SMILES string of the molecule is CC(C)c1ccc(-c2noc(CCC(=O)N(C)Cc3cccnc3)n2)cc1. The van der Waals surface area contributed by atoms with Gasteiger partial charge in [0, 0.05) is 44.4 Å². The van der Waals surface area contributed by atoms with Crippen molar-refractivity contribution in [2.24, 2.45) is 0 Å². The number of pyridine rings is 1. The number of amides is 1. The minimum absolute atomic E-state index is 0.0277. The molecule has 0 saturated carbocycles. The lowest BCUT2D eigenvalue weighted by molar-refractivity contribution is -0.130. The van der Waals surface area contributed by atoms with E-state index in [-0.39, 0.29) is 5.91 Å². The maximum absolute atomic E-state index is 12.3. The largest absolute Gasteiger partial charge is 0.341 e. The van der Waals surface area contributed by atoms with E-state index in [1.807, 2.05) is 24.3 Å². The number of hydrogen-bond donors (Lipinski definition) is 0. The maximum atomic E-state index is 12.3. The molecule has 6 heteroatoms. The second-order valence-electron chi connectivity index (χ2n) is 6.90. The van der Waals surface area contributed by atoms with E-state index >= 15 is 0 Å². The van der Waals surface area contributed by atoms with Gasteiger partial charge >= 0.3 is 0 Å². The molecule has 0 radical (unpaired) electrons. The summed E-state index contributed by atoms with van der Waals surface area (Å²) in [7, 11) is 1.78. The number of aryl methyl sites for hydroxylation is 1. The molecule has 0 bridgehead atoms. The van der Waals surface area contributed by atoms with Crippen LogP contribution in [0.1, 0.15) is 43.2 Å². The molecule has 0 unspecified atom stereocenters. The fraction of sp³-hybridized carbons (Fsp3) is 0.333. The number of carbonyl (C=O) groups is 1. The van der Waals surface area contributed by atoms with Gasteiger partial charge in [-0.05, 0) is 23.1 Å². The van der Waals surface area contributed by atoms with E-state index in [9.17, 15) is 4.79 Å². The van der Waals surface area contributed by atoms with Gasteiger partial charge in [-0.15, -0.1) is 0 Å². The number of carbonyl (C=O) groups excluding carboxylic acids is 1. The standard InChI is InChI=1S/C21H24N4O2/c1-15(2)17-6-8-18(9-7-17)21-23-19(27-24-21)10-11-20(26)25(3)14-16-5-4-12-22-13-16/h4-9,12-13,15H,10-11,14H2,1-3H3. The van der Waals surface area contributed by atoms with Crippen molar-refractivity contribution < 1.29 is 9.32 Å². The normalized spacial score (nSPS) is 11.0. The molecule has 2 heterocycles. The summed E-state index contributed by atoms with van der Waals surface area (Å²) in [5.74, 6) is 1.53. The molecule has 1 amide bonds. The van der Waals surface area contributed by atoms with Crippen LogP contribution in [-0.2, 0) is 17.8 Å². The molecular weight excluding hydrogens is 340 g/mol. The van der Waals surface area contributed by atoms with Crippen molar-refractivity contribution >= 4 is 5.91 Å². The van der Waals surface area contributed by atoms with Crippen molar-refractivity contribution in [1.82, 2.24) is 20.0 Å². The highest BCUT2D eigenvalue weighted by Crippen LogP contribution is 2.20. The summed E-state index contributed by atoms with van der Waals surface area (Å²) in [4.78, 5) is 22.5. The Morgan fingerprint density at radius 3 is 2.63 bits per heavy atom. The van der Waals surface area contributed by atoms with Gasteiger partial charge in [0.15, 0.2) is 0 Å². The fourth-order valence-corrected chi connectivity index (χ4v) is 2.75. The van der Waals surface area contributed by atoms with Crippen molar-refractivity contribution in [3.8, 4) is 11.4 Å². The molecule has 0 saturated heterocycles. The number of benzene rings is 1. The van der Waals surface area contributed by atoms with Crippen LogP contribution in [0.2, 0.25) is 0 Å². The van der Waals surface area contributed by atoms with E-state index in [0.717, 1.165) is 11.1 Å². The Morgan fingerprint density at radius 2 is 1.96 bits per heavy atom. The Balaban J connectivity index is 1.55. The first kappa shape index (κ1) is 18.8. The first-order valence-corrected chi connectivity index (χ1v) is 9.08. The minimum atomic E-state index is 0.0277. The Morgan fingerprint density at radius 1 is 1.19 bits per heavy atom. The van der Waals surface area contributed by atoms with Crippen molar-refractivity contribution in [1.29, 1.82) is 0 Å². The predicted molar refractivity (Wildman–Crippen MR) is 103 cm³/mol. The molecule has 27 heavy (non-hydrogen) atoms. The van der Waals surface area contributed by atoms with Gasteiger partial charge < -0.3 is 9.42 Å². The van der Waals surface area contributed by atoms with Crippen molar-refractivity contribution in [2.45, 2.75) is 39.2 Å². The maximum Gasteiger partial charge on any atom is 0.227 e. The van der Waals surface area contributed by atoms with Crippen LogP contribution >= 0.6 is 0 Å². The third-order valence-electron chi connectivity index (χ3n) is 4.42. The van der Waals surface area contributed by atoms with Gasteiger partial charge in [-0.3, -0.25) is 9.78 Å². The van der Waals surface area contributed by atoms with Crippen LogP contribution in [0.25, 0.3) is 11.4 Å². The predicted octanol–water partition coefficient (Wildman–Crippen LogP) is 3.85. The molecule has 0 aliphatic heterocycles. The average Bonchev–Trinajstić information content (AvgIpc) is 3.16. The molecule has 0 spiro atoms. The van der Waals surface area contributed by atoms with Crippen LogP contribution in [0.3, 0.4) is 0 Å². The third-order valence-corrected chi connectivity index (χ3v) is 4.42. The van der Waals surface area contributed by atoms with Gasteiger partial charge in [-0.1, -0.05) is 49.3 Å². The summed E-state index contributed by atoms with van der Waals surface area (Å²) in [5.41, 5.74) is 3.18. The summed E-state index contributed by atoms with van der Waals surface area (Å²) in [5, 5.41) is 4.03. The van der Waals surface area contributed by atoms with Crippen molar-refractivity contribution in [2.75, 3.05) is 7.05 Å². The summed E-state index contributed by atoms with van der Waals surface area (Å²) in [6.45, 7) is 4.84. The van der Waals surface area contributed by atoms with Gasteiger partial charge in [0.25, 0.3) is 0 Å². The number of nitrogens with zero attached hydrogens (tertiary/aromatic N) is 4. The summed E-state index contributed by atoms with van der Waals surface area (Å²) in [6.07, 6.45) is 4.23. The van der Waals surface area contributed by atoms with E-state index in [2.05, 4.69) is 41.1 Å². The van der Waals surface area contributed by atoms with Crippen molar-refractivity contribution in [3.05, 3.63) is 65.8 Å². The van der Waals surface area contributed by atoms with Gasteiger partial charge in [0.2, 0.25) is 17.6 Å². The highest BCUT2D eigenvalue weighted by molar-refractivity contribution is 5.76. The van der Waals surface area contributed by atoms with Crippen LogP contribution in [0.15, 0.2) is 53.3 Å². The van der Waals surface area contributed by atoms with Crippen LogP contribution in [-0.4, -0.2) is 33.0 Å². The zero-order valence-electron chi connectivity index (χ0n) is 15.9. The molecule has 3 aromatic rings. The lowest BCUT2D eigenvalue weighted by Crippen LogP contribution is -2.26. The molecule has 0 aliphatic carbocycles. The van der Waals surface area contributed by atoms with Crippen LogP contribution in [0, 0.1) is 0 Å². The molecule has 140 valence electrons. The molecule has 6 nitrogen and oxygen atoms in total. The van der Waals surface area contributed by atoms with E-state index in [1.54, 1.807) is 24.3 Å². The Hall–Kier alpha value is -3.02. The second-order valence-corrected chi connectivity index (χ2v) is 6.90. The van der Waals surface area contributed by atoms with E-state index in [0.29, 0.717) is 37.0 Å². The first-order valence-electron chi connectivity index (χ1n) is 9.08. The minimum Gasteiger partial charge on any atom is -0.341 e. The smallest absolute Gasteiger partial charge is 0.227 e. The zero-order valence-corrected chi connectivity index (χ0v) is 15.9. The molecule has 2 aromatic heterocycles. The molecule has 0 aliphatic rings. The Labute approximate surface area is 159 Å². The molecule has 3 rings (SSSR count). The van der Waals surface area contributed by atoms with E-state index < -0.39 is 0 Å². The highest BCUT2D eigenvalue weighted by atomic mass is 16.5. The molecular formula is C21H24N4O2. The fourth-order valence-electron chi connectivity index (χ4n) is 2.75. The zero-order chi connectivity index (χ0) is 19.2. The molecule has 0 atom stereocenters. The Kier molecular flexibility index (Phi) is 5.96. The summed E-state index contributed by atoms with van der Waals surface area (Å²) >= 11 is 0. The monoisotopic (exact) mass is 364 g/mol. The van der Waals surface area contributed by atoms with Crippen LogP contribution < -0.4 is 0 Å². The number of hydrogen-bond acceptors (Lipinski definition) is 5. The van der Waals surface area contributed by atoms with Gasteiger partial charge in [-0.25, -0.2) is 0 Å². The molecule has 0 N–H and O–H groups in total. The topological polar surface area (TPSA) is 72.1 Å². The van der Waals surface area contributed by atoms with E-state index in [4.69, 9.17) is 4.52 Å². The van der Waals surface area contributed by atoms with Gasteiger partial charge in [0.05, 0.1) is 0 Å². The Bertz CT molecular complexity index is 873. The lowest BCUT2D eigenvalue weighted by atomic mass is 10.0. The van der Waals surface area contributed by atoms with Crippen LogP contribution in [0.4, 0.5) is 0 Å². The average molecular weight is 364 g/mol. The van der Waals surface area contributed by atoms with Gasteiger partial charge in [0.1, 0.15) is 0 Å². The summed E-state index contributed by atoms with van der Waals surface area (Å²) < 4.78 is 5.30. The third kappa shape index (κ3) is 5.00. The highest BCUT2D eigenvalue weighted by Gasteiger charge is 2.14. The number of aromatic nitrogens is 3. The van der Waals surface area contributed by atoms with Crippen LogP contribution in [0.5, 0.6) is 0 Å². The molecule has 0 fully saturated rings. The van der Waals surface area contributed by atoms with Crippen molar-refractivity contribution in [3.63, 3.8) is 0 Å². The lowest BCUT2D eigenvalue weighted by Gasteiger charge is -2.16. The first-order chi connectivity index (χ1) is 13.0. The van der Waals surface area contributed by atoms with Gasteiger partial charge in [-0.2, -0.15) is 4.98 Å². The quantitative estimate of drug-likeness (QED) is 0.637. The summed E-state index contributed by atoms with van der Waals surface area (Å²) in [6, 6.07) is 12.0.